The number of amides is 3. The van der Waals surface area contributed by atoms with Crippen molar-refractivity contribution in [1.82, 2.24) is 10.6 Å². The molecule has 0 radical (unpaired) electrons. The fraction of sp³-hybridized carbons (Fsp3) is 0.304. The Morgan fingerprint density at radius 3 is 2.10 bits per heavy atom. The van der Waals surface area contributed by atoms with Crippen molar-refractivity contribution in [3.8, 4) is 5.75 Å². The van der Waals surface area contributed by atoms with Gasteiger partial charge in [0.15, 0.2) is 12.4 Å². The highest BCUT2D eigenvalue weighted by molar-refractivity contribution is 5.96. The van der Waals surface area contributed by atoms with Gasteiger partial charge in [0.25, 0.3) is 11.8 Å². The topological polar surface area (TPSA) is 114 Å². The summed E-state index contributed by atoms with van der Waals surface area (Å²) in [5, 5.41) is 8.22. The second kappa shape index (κ2) is 10.4. The van der Waals surface area contributed by atoms with Crippen molar-refractivity contribution in [3.05, 3.63) is 59.7 Å². The number of ether oxygens (including phenoxy) is 1. The van der Waals surface area contributed by atoms with Gasteiger partial charge < -0.3 is 20.7 Å². The van der Waals surface area contributed by atoms with E-state index < -0.39 is 0 Å². The van der Waals surface area contributed by atoms with Crippen LogP contribution in [0.3, 0.4) is 0 Å². The minimum Gasteiger partial charge on any atom is -0.484 e. The highest BCUT2D eigenvalue weighted by Crippen LogP contribution is 2.28. The van der Waals surface area contributed by atoms with Gasteiger partial charge in [0.1, 0.15) is 5.75 Å². The van der Waals surface area contributed by atoms with Gasteiger partial charge in [-0.25, -0.2) is 0 Å². The first-order valence-electron chi connectivity index (χ1n) is 10.1. The Hall–Kier alpha value is -3.68. The third-order valence-electron chi connectivity index (χ3n) is 4.72. The van der Waals surface area contributed by atoms with Crippen molar-refractivity contribution in [1.29, 1.82) is 0 Å². The predicted molar refractivity (Wildman–Crippen MR) is 115 cm³/mol. The van der Waals surface area contributed by atoms with Crippen LogP contribution in [0.25, 0.3) is 0 Å². The van der Waals surface area contributed by atoms with Crippen LogP contribution in [0.5, 0.6) is 5.75 Å². The van der Waals surface area contributed by atoms with Crippen LogP contribution in [0, 0.1) is 5.92 Å². The van der Waals surface area contributed by atoms with E-state index in [2.05, 4.69) is 16.0 Å². The van der Waals surface area contributed by atoms with E-state index in [1.807, 2.05) is 0 Å². The lowest BCUT2D eigenvalue weighted by molar-refractivity contribution is -0.122. The van der Waals surface area contributed by atoms with Gasteiger partial charge in [0.05, 0.1) is 0 Å². The first-order valence-corrected chi connectivity index (χ1v) is 10.1. The molecule has 3 rings (SSSR count). The van der Waals surface area contributed by atoms with Gasteiger partial charge in [-0.1, -0.05) is 0 Å². The molecule has 1 fully saturated rings. The Kier molecular flexibility index (Phi) is 7.37. The summed E-state index contributed by atoms with van der Waals surface area (Å²) in [5.74, 6) is 0.0416. The number of Topliss-reactive ketones (excluding diaryl/α,β-unsaturated/α-hetero) is 1. The number of rotatable bonds is 10. The zero-order chi connectivity index (χ0) is 22.2. The molecule has 2 aromatic carbocycles. The first kappa shape index (κ1) is 22.0. The summed E-state index contributed by atoms with van der Waals surface area (Å²) >= 11 is 0. The fourth-order valence-electron chi connectivity index (χ4n) is 2.79. The van der Waals surface area contributed by atoms with Gasteiger partial charge in [-0.15, -0.1) is 0 Å². The van der Waals surface area contributed by atoms with E-state index in [0.717, 1.165) is 12.8 Å². The molecule has 1 saturated carbocycles. The van der Waals surface area contributed by atoms with E-state index >= 15 is 0 Å². The molecule has 8 heteroatoms. The second-order valence-corrected chi connectivity index (χ2v) is 7.32. The maximum absolute atomic E-state index is 12.1. The Morgan fingerprint density at radius 1 is 0.871 bits per heavy atom. The van der Waals surface area contributed by atoms with E-state index in [4.69, 9.17) is 4.74 Å². The van der Waals surface area contributed by atoms with E-state index in [9.17, 15) is 19.2 Å². The number of nitrogens with one attached hydrogen (secondary N) is 3. The van der Waals surface area contributed by atoms with Crippen LogP contribution < -0.4 is 20.7 Å². The molecule has 1 aliphatic rings. The molecule has 8 nitrogen and oxygen atoms in total. The van der Waals surface area contributed by atoms with Crippen molar-refractivity contribution in [2.45, 2.75) is 19.8 Å². The molecule has 162 valence electrons. The molecule has 3 amide bonds. The Labute approximate surface area is 180 Å². The second-order valence-electron chi connectivity index (χ2n) is 7.32. The minimum absolute atomic E-state index is 0.0400. The van der Waals surface area contributed by atoms with Gasteiger partial charge in [0.2, 0.25) is 5.91 Å². The van der Waals surface area contributed by atoms with Gasteiger partial charge >= 0.3 is 0 Å². The first-order chi connectivity index (χ1) is 14.9. The minimum atomic E-state index is -0.348. The van der Waals surface area contributed by atoms with Gasteiger partial charge in [-0.3, -0.25) is 19.2 Å². The molecule has 0 unspecified atom stereocenters. The predicted octanol–water partition coefficient (Wildman–Crippen LogP) is 2.16. The van der Waals surface area contributed by atoms with Crippen LogP contribution in [0.2, 0.25) is 0 Å². The van der Waals surface area contributed by atoms with Crippen LogP contribution in [0.1, 0.15) is 40.5 Å². The highest BCUT2D eigenvalue weighted by Gasteiger charge is 2.28. The highest BCUT2D eigenvalue weighted by atomic mass is 16.5. The zero-order valence-electron chi connectivity index (χ0n) is 17.3. The zero-order valence-corrected chi connectivity index (χ0v) is 17.3. The summed E-state index contributed by atoms with van der Waals surface area (Å²) in [7, 11) is 0. The SMILES string of the molecule is CC(=O)c1ccc(OCC(=O)Nc2ccc(C(=O)NCCNC(=O)C3CC3)cc2)cc1. The number of carbonyl (C=O) groups excluding carboxylic acids is 4. The monoisotopic (exact) mass is 423 g/mol. The maximum Gasteiger partial charge on any atom is 0.262 e. The molecule has 0 heterocycles. The molecule has 1 aliphatic carbocycles. The van der Waals surface area contributed by atoms with E-state index in [1.54, 1.807) is 48.5 Å². The molecule has 0 spiro atoms. The van der Waals surface area contributed by atoms with Gasteiger partial charge in [0, 0.05) is 35.8 Å². The quantitative estimate of drug-likeness (QED) is 0.400. The summed E-state index contributed by atoms with van der Waals surface area (Å²) in [5.41, 5.74) is 1.56. The number of anilines is 1. The number of ketones is 1. The van der Waals surface area contributed by atoms with E-state index in [0.29, 0.717) is 35.7 Å². The molecule has 0 aliphatic heterocycles. The van der Waals surface area contributed by atoms with E-state index in [1.165, 1.54) is 6.92 Å². The molecule has 31 heavy (non-hydrogen) atoms. The number of benzene rings is 2. The number of hydrogen-bond acceptors (Lipinski definition) is 5. The lowest BCUT2D eigenvalue weighted by Crippen LogP contribution is -2.35. The van der Waals surface area contributed by atoms with Crippen molar-refractivity contribution < 1.29 is 23.9 Å². The largest absolute Gasteiger partial charge is 0.484 e. The molecule has 0 atom stereocenters. The van der Waals surface area contributed by atoms with Crippen molar-refractivity contribution >= 4 is 29.2 Å². The molecule has 2 aromatic rings. The lowest BCUT2D eigenvalue weighted by atomic mass is 10.1. The summed E-state index contributed by atoms with van der Waals surface area (Å²) in [6, 6.07) is 13.0. The number of hydrogen-bond donors (Lipinski definition) is 3. The normalized spacial score (nSPS) is 12.5. The third kappa shape index (κ3) is 6.95. The maximum atomic E-state index is 12.1. The van der Waals surface area contributed by atoms with Crippen LogP contribution in [-0.2, 0) is 9.59 Å². The Bertz CT molecular complexity index is 950. The lowest BCUT2D eigenvalue weighted by Gasteiger charge is -2.09. The molecule has 0 saturated heterocycles. The number of carbonyl (C=O) groups is 4. The Morgan fingerprint density at radius 2 is 1.48 bits per heavy atom. The average molecular weight is 423 g/mol. The van der Waals surface area contributed by atoms with Crippen molar-refractivity contribution in [2.24, 2.45) is 5.92 Å². The molecular formula is C23H25N3O5. The summed E-state index contributed by atoms with van der Waals surface area (Å²) in [6.07, 6.45) is 1.89. The van der Waals surface area contributed by atoms with Gasteiger partial charge in [-0.05, 0) is 68.3 Å². The van der Waals surface area contributed by atoms with E-state index in [-0.39, 0.29) is 36.0 Å². The molecule has 3 N–H and O–H groups in total. The molecule has 0 aromatic heterocycles. The third-order valence-corrected chi connectivity index (χ3v) is 4.72. The van der Waals surface area contributed by atoms with Crippen molar-refractivity contribution in [2.75, 3.05) is 25.0 Å². The summed E-state index contributed by atoms with van der Waals surface area (Å²) < 4.78 is 5.41. The van der Waals surface area contributed by atoms with Crippen LogP contribution in [0.4, 0.5) is 5.69 Å². The fourth-order valence-corrected chi connectivity index (χ4v) is 2.79. The van der Waals surface area contributed by atoms with Crippen LogP contribution in [-0.4, -0.2) is 43.2 Å². The Balaban J connectivity index is 1.38. The standard InChI is InChI=1S/C23H25N3O5/c1-15(27)16-6-10-20(11-7-16)31-14-21(28)26-19-8-4-18(5-9-19)23(30)25-13-12-24-22(29)17-2-3-17/h4-11,17H,2-3,12-14H2,1H3,(H,24,29)(H,25,30)(H,26,28). The molecule has 0 bridgehead atoms. The summed E-state index contributed by atoms with van der Waals surface area (Å²) in [6.45, 7) is 2.04. The average Bonchev–Trinajstić information content (AvgIpc) is 3.61. The summed E-state index contributed by atoms with van der Waals surface area (Å²) in [4.78, 5) is 47.0. The molecular weight excluding hydrogens is 398 g/mol. The van der Waals surface area contributed by atoms with Crippen LogP contribution in [0.15, 0.2) is 48.5 Å². The van der Waals surface area contributed by atoms with Crippen LogP contribution >= 0.6 is 0 Å². The van der Waals surface area contributed by atoms with Crippen molar-refractivity contribution in [3.63, 3.8) is 0 Å². The smallest absolute Gasteiger partial charge is 0.262 e. The van der Waals surface area contributed by atoms with Gasteiger partial charge in [-0.2, -0.15) is 0 Å².